The number of anilines is 1. The molecule has 1 fully saturated rings. The van der Waals surface area contributed by atoms with E-state index in [1.54, 1.807) is 6.20 Å². The quantitative estimate of drug-likeness (QED) is 0.855. The zero-order valence-corrected chi connectivity index (χ0v) is 13.9. The first-order valence-corrected chi connectivity index (χ1v) is 7.95. The molecule has 1 aliphatic heterocycles. The number of piperazine rings is 1. The third-order valence-electron chi connectivity index (χ3n) is 4.43. The monoisotopic (exact) mass is 310 g/mol. The van der Waals surface area contributed by atoms with Gasteiger partial charge in [-0.05, 0) is 32.9 Å². The molecular weight excluding hydrogens is 288 g/mol. The molecule has 23 heavy (non-hydrogen) atoms. The highest BCUT2D eigenvalue weighted by Gasteiger charge is 2.29. The van der Waals surface area contributed by atoms with E-state index in [2.05, 4.69) is 53.0 Å². The predicted octanol–water partition coefficient (Wildman–Crippen LogP) is 2.44. The second kappa shape index (κ2) is 6.36. The molecule has 1 unspecified atom stereocenters. The Morgan fingerprint density at radius 2 is 1.91 bits per heavy atom. The van der Waals surface area contributed by atoms with Crippen LogP contribution in [0.25, 0.3) is 0 Å². The van der Waals surface area contributed by atoms with E-state index in [1.165, 1.54) is 17.6 Å². The summed E-state index contributed by atoms with van der Waals surface area (Å²) in [5.74, 6) is 0.0270. The van der Waals surface area contributed by atoms with Crippen molar-refractivity contribution in [3.05, 3.63) is 53.6 Å². The lowest BCUT2D eigenvalue weighted by atomic mass is 10.1. The van der Waals surface area contributed by atoms with Gasteiger partial charge in [-0.1, -0.05) is 17.7 Å². The van der Waals surface area contributed by atoms with Crippen LogP contribution in [0.3, 0.4) is 0 Å². The lowest BCUT2D eigenvalue weighted by molar-refractivity contribution is 0.0672. The zero-order chi connectivity index (χ0) is 16.4. The minimum Gasteiger partial charge on any atom is -0.368 e. The molecule has 2 aromatic rings. The number of aryl methyl sites for hydroxylation is 2. The average Bonchev–Trinajstić information content (AvgIpc) is 2.55. The predicted molar refractivity (Wildman–Crippen MR) is 90.7 cm³/mol. The third kappa shape index (κ3) is 3.18. The van der Waals surface area contributed by atoms with Gasteiger partial charge < -0.3 is 9.80 Å². The molecule has 1 aromatic carbocycles. The van der Waals surface area contributed by atoms with Crippen molar-refractivity contribution in [1.29, 1.82) is 0 Å². The van der Waals surface area contributed by atoms with Crippen molar-refractivity contribution < 1.29 is 4.79 Å². The Balaban J connectivity index is 1.73. The van der Waals surface area contributed by atoms with Crippen molar-refractivity contribution >= 4 is 11.6 Å². The number of rotatable bonds is 2. The summed E-state index contributed by atoms with van der Waals surface area (Å²) in [6, 6.07) is 8.70. The lowest BCUT2D eigenvalue weighted by Crippen LogP contribution is -2.54. The van der Waals surface area contributed by atoms with Crippen molar-refractivity contribution in [3.63, 3.8) is 0 Å². The second-order valence-electron chi connectivity index (χ2n) is 6.15. The normalized spacial score (nSPS) is 18.1. The van der Waals surface area contributed by atoms with E-state index in [0.717, 1.165) is 18.8 Å². The zero-order valence-electron chi connectivity index (χ0n) is 13.9. The minimum absolute atomic E-state index is 0.0270. The van der Waals surface area contributed by atoms with Gasteiger partial charge in [-0.25, -0.2) is 9.97 Å². The first-order chi connectivity index (χ1) is 11.1. The van der Waals surface area contributed by atoms with E-state index < -0.39 is 0 Å². The Hall–Kier alpha value is -2.43. The summed E-state index contributed by atoms with van der Waals surface area (Å²) in [5, 5.41) is 0. The SMILES string of the molecule is Cc1ccc(N2CCN(C(=O)c3cncnc3C)C(C)C2)cc1. The van der Waals surface area contributed by atoms with Gasteiger partial charge in [0.1, 0.15) is 6.33 Å². The van der Waals surface area contributed by atoms with Gasteiger partial charge in [0.2, 0.25) is 0 Å². The minimum atomic E-state index is 0.0270. The van der Waals surface area contributed by atoms with E-state index in [0.29, 0.717) is 12.1 Å². The molecule has 1 aliphatic rings. The number of hydrogen-bond donors (Lipinski definition) is 0. The molecule has 1 atom stereocenters. The van der Waals surface area contributed by atoms with Crippen LogP contribution in [0.4, 0.5) is 5.69 Å². The van der Waals surface area contributed by atoms with E-state index >= 15 is 0 Å². The van der Waals surface area contributed by atoms with Gasteiger partial charge in [0.15, 0.2) is 0 Å². The van der Waals surface area contributed by atoms with Crippen LogP contribution in [-0.4, -0.2) is 46.5 Å². The van der Waals surface area contributed by atoms with Crippen molar-refractivity contribution in [3.8, 4) is 0 Å². The Morgan fingerprint density at radius 1 is 1.17 bits per heavy atom. The molecule has 0 aliphatic carbocycles. The molecule has 1 saturated heterocycles. The van der Waals surface area contributed by atoms with Crippen molar-refractivity contribution in [2.24, 2.45) is 0 Å². The van der Waals surface area contributed by atoms with Crippen molar-refractivity contribution in [2.75, 3.05) is 24.5 Å². The average molecular weight is 310 g/mol. The van der Waals surface area contributed by atoms with Crippen LogP contribution >= 0.6 is 0 Å². The molecule has 5 heteroatoms. The third-order valence-corrected chi connectivity index (χ3v) is 4.43. The Bertz CT molecular complexity index is 698. The fraction of sp³-hybridized carbons (Fsp3) is 0.389. The number of carbonyl (C=O) groups excluding carboxylic acids is 1. The first-order valence-electron chi connectivity index (χ1n) is 7.95. The van der Waals surface area contributed by atoms with Gasteiger partial charge in [-0.3, -0.25) is 4.79 Å². The number of hydrogen-bond acceptors (Lipinski definition) is 4. The van der Waals surface area contributed by atoms with Gasteiger partial charge >= 0.3 is 0 Å². The molecule has 0 radical (unpaired) electrons. The Kier molecular flexibility index (Phi) is 4.28. The topological polar surface area (TPSA) is 49.3 Å². The number of amides is 1. The van der Waals surface area contributed by atoms with E-state index in [9.17, 15) is 4.79 Å². The van der Waals surface area contributed by atoms with Crippen molar-refractivity contribution in [2.45, 2.75) is 26.8 Å². The summed E-state index contributed by atoms with van der Waals surface area (Å²) in [7, 11) is 0. The first kappa shape index (κ1) is 15.5. The summed E-state index contributed by atoms with van der Waals surface area (Å²) in [6.07, 6.45) is 3.09. The van der Waals surface area contributed by atoms with Crippen LogP contribution in [0.1, 0.15) is 28.5 Å². The number of benzene rings is 1. The molecule has 120 valence electrons. The van der Waals surface area contributed by atoms with Crippen LogP contribution in [-0.2, 0) is 0 Å². The largest absolute Gasteiger partial charge is 0.368 e. The molecule has 0 N–H and O–H groups in total. The summed E-state index contributed by atoms with van der Waals surface area (Å²) in [4.78, 5) is 25.1. The van der Waals surface area contributed by atoms with Gasteiger partial charge in [0.05, 0.1) is 11.3 Å². The summed E-state index contributed by atoms with van der Waals surface area (Å²) in [5.41, 5.74) is 3.81. The van der Waals surface area contributed by atoms with Gasteiger partial charge in [-0.2, -0.15) is 0 Å². The summed E-state index contributed by atoms with van der Waals surface area (Å²) >= 11 is 0. The highest BCUT2D eigenvalue weighted by molar-refractivity contribution is 5.95. The molecule has 3 rings (SSSR count). The maximum atomic E-state index is 12.7. The number of nitrogens with zero attached hydrogens (tertiary/aromatic N) is 4. The second-order valence-corrected chi connectivity index (χ2v) is 6.15. The molecule has 1 aromatic heterocycles. The van der Waals surface area contributed by atoms with Gasteiger partial charge in [-0.15, -0.1) is 0 Å². The standard InChI is InChI=1S/C18H22N4O/c1-13-4-6-16(7-5-13)21-8-9-22(14(2)11-21)18(23)17-10-19-12-20-15(17)3/h4-7,10,12,14H,8-9,11H2,1-3H3. The maximum absolute atomic E-state index is 12.7. The molecular formula is C18H22N4O. The number of carbonyl (C=O) groups is 1. The van der Waals surface area contributed by atoms with E-state index in [4.69, 9.17) is 0 Å². The summed E-state index contributed by atoms with van der Waals surface area (Å²) in [6.45, 7) is 8.42. The fourth-order valence-electron chi connectivity index (χ4n) is 3.00. The van der Waals surface area contributed by atoms with Crippen LogP contribution in [0.5, 0.6) is 0 Å². The highest BCUT2D eigenvalue weighted by Crippen LogP contribution is 2.21. The highest BCUT2D eigenvalue weighted by atomic mass is 16.2. The van der Waals surface area contributed by atoms with Crippen LogP contribution in [0.2, 0.25) is 0 Å². The van der Waals surface area contributed by atoms with Gasteiger partial charge in [0, 0.05) is 37.6 Å². The van der Waals surface area contributed by atoms with Crippen LogP contribution < -0.4 is 4.90 Å². The lowest BCUT2D eigenvalue weighted by Gasteiger charge is -2.41. The van der Waals surface area contributed by atoms with Crippen LogP contribution in [0.15, 0.2) is 36.8 Å². The fourth-order valence-corrected chi connectivity index (χ4v) is 3.00. The molecule has 0 bridgehead atoms. The molecule has 2 heterocycles. The van der Waals surface area contributed by atoms with Crippen LogP contribution in [0, 0.1) is 13.8 Å². The van der Waals surface area contributed by atoms with Crippen molar-refractivity contribution in [1.82, 2.24) is 14.9 Å². The Morgan fingerprint density at radius 3 is 2.57 bits per heavy atom. The molecule has 1 amide bonds. The number of aromatic nitrogens is 2. The molecule has 5 nitrogen and oxygen atoms in total. The molecule has 0 saturated carbocycles. The molecule has 0 spiro atoms. The smallest absolute Gasteiger partial charge is 0.257 e. The summed E-state index contributed by atoms with van der Waals surface area (Å²) < 4.78 is 0. The van der Waals surface area contributed by atoms with Gasteiger partial charge in [0.25, 0.3) is 5.91 Å². The van der Waals surface area contributed by atoms with E-state index in [1.807, 2.05) is 11.8 Å². The maximum Gasteiger partial charge on any atom is 0.257 e. The van der Waals surface area contributed by atoms with E-state index in [-0.39, 0.29) is 11.9 Å². The Labute approximate surface area is 137 Å².